The number of ether oxygens (including phenoxy) is 1. The molecule has 0 bridgehead atoms. The van der Waals surface area contributed by atoms with Crippen molar-refractivity contribution in [3.8, 4) is 0 Å². The molecule has 0 saturated carbocycles. The first-order valence-electron chi connectivity index (χ1n) is 12.9. The monoisotopic (exact) mass is 484 g/mol. The predicted molar refractivity (Wildman–Crippen MR) is 134 cm³/mol. The molecular weight excluding hydrogens is 444 g/mol. The highest BCUT2D eigenvalue weighted by Crippen LogP contribution is 2.23. The van der Waals surface area contributed by atoms with E-state index in [1.807, 2.05) is 56.3 Å². The van der Waals surface area contributed by atoms with Gasteiger partial charge in [-0.2, -0.15) is 0 Å². The van der Waals surface area contributed by atoms with E-state index >= 15 is 0 Å². The second-order valence-corrected chi connectivity index (χ2v) is 10.1. The van der Waals surface area contributed by atoms with E-state index in [0.29, 0.717) is 32.2 Å². The topological polar surface area (TPSA) is 95.9 Å². The van der Waals surface area contributed by atoms with Crippen LogP contribution in [0.1, 0.15) is 57.9 Å². The van der Waals surface area contributed by atoms with Crippen molar-refractivity contribution in [3.63, 3.8) is 0 Å². The molecule has 35 heavy (non-hydrogen) atoms. The number of benzene rings is 1. The van der Waals surface area contributed by atoms with Gasteiger partial charge in [-0.05, 0) is 50.0 Å². The van der Waals surface area contributed by atoms with E-state index in [1.54, 1.807) is 4.90 Å². The van der Waals surface area contributed by atoms with E-state index in [-0.39, 0.29) is 61.3 Å². The number of nitrogens with one attached hydrogen (secondary N) is 1. The zero-order valence-corrected chi connectivity index (χ0v) is 21.0. The van der Waals surface area contributed by atoms with E-state index in [0.717, 1.165) is 18.4 Å². The summed E-state index contributed by atoms with van der Waals surface area (Å²) in [6.07, 6.45) is 8.16. The number of rotatable bonds is 6. The van der Waals surface area contributed by atoms with E-state index in [1.165, 1.54) is 0 Å². The highest BCUT2D eigenvalue weighted by molar-refractivity contribution is 5.86. The summed E-state index contributed by atoms with van der Waals surface area (Å²) in [7, 11) is 0. The average molecular weight is 485 g/mol. The minimum Gasteiger partial charge on any atom is -0.463 e. The molecule has 192 valence electrons. The fraction of sp³-hybridized carbons (Fsp3) is 0.607. The molecule has 0 spiro atoms. The van der Waals surface area contributed by atoms with E-state index in [4.69, 9.17) is 4.74 Å². The molecule has 0 aliphatic carbocycles. The van der Waals surface area contributed by atoms with Crippen LogP contribution in [0, 0.1) is 17.8 Å². The van der Waals surface area contributed by atoms with Crippen molar-refractivity contribution in [3.05, 3.63) is 48.0 Å². The van der Waals surface area contributed by atoms with Gasteiger partial charge in [0.2, 0.25) is 11.8 Å². The number of likely N-dealkylation sites (tertiary alicyclic amines) is 1. The van der Waals surface area contributed by atoms with Crippen LogP contribution >= 0.6 is 0 Å². The molecule has 2 amide bonds. The minimum atomic E-state index is -0.503. The first-order chi connectivity index (χ1) is 16.9. The quantitative estimate of drug-likeness (QED) is 0.477. The Kier molecular flexibility index (Phi) is 10.3. The van der Waals surface area contributed by atoms with Crippen LogP contribution < -0.4 is 5.32 Å². The molecule has 0 radical (unpaired) electrons. The Labute approximate surface area is 208 Å². The molecule has 0 aromatic heterocycles. The molecule has 4 unspecified atom stereocenters. The van der Waals surface area contributed by atoms with Crippen molar-refractivity contribution < 1.29 is 24.2 Å². The Morgan fingerprint density at radius 3 is 2.63 bits per heavy atom. The smallest absolute Gasteiger partial charge is 0.309 e. The molecule has 1 aromatic rings. The average Bonchev–Trinajstić information content (AvgIpc) is 3.33. The molecule has 1 fully saturated rings. The molecule has 2 heterocycles. The largest absolute Gasteiger partial charge is 0.463 e. The normalized spacial score (nSPS) is 26.5. The summed E-state index contributed by atoms with van der Waals surface area (Å²) < 4.78 is 5.71. The molecule has 2 N–H and O–H groups in total. The van der Waals surface area contributed by atoms with Gasteiger partial charge in [0, 0.05) is 13.0 Å². The summed E-state index contributed by atoms with van der Waals surface area (Å²) in [5.74, 6) is -1.22. The fourth-order valence-electron chi connectivity index (χ4n) is 4.83. The second-order valence-electron chi connectivity index (χ2n) is 10.1. The van der Waals surface area contributed by atoms with Crippen LogP contribution in [0.5, 0.6) is 0 Å². The highest BCUT2D eigenvalue weighted by Gasteiger charge is 2.32. The predicted octanol–water partition coefficient (Wildman–Crippen LogP) is 3.26. The second kappa shape index (κ2) is 13.4. The van der Waals surface area contributed by atoms with Crippen LogP contribution in [0.2, 0.25) is 0 Å². The fourth-order valence-corrected chi connectivity index (χ4v) is 4.83. The number of aliphatic hydroxyl groups is 1. The number of nitrogens with zero attached hydrogens (tertiary/aromatic N) is 1. The molecule has 4 atom stereocenters. The van der Waals surface area contributed by atoms with Gasteiger partial charge in [-0.15, -0.1) is 0 Å². The lowest BCUT2D eigenvalue weighted by molar-refractivity contribution is -0.150. The van der Waals surface area contributed by atoms with Crippen LogP contribution in [0.3, 0.4) is 0 Å². The Hall–Kier alpha value is -2.67. The van der Waals surface area contributed by atoms with Gasteiger partial charge in [-0.3, -0.25) is 14.4 Å². The highest BCUT2D eigenvalue weighted by atomic mass is 16.5. The van der Waals surface area contributed by atoms with Crippen molar-refractivity contribution in [1.82, 2.24) is 10.2 Å². The van der Waals surface area contributed by atoms with Crippen LogP contribution in [0.15, 0.2) is 42.5 Å². The van der Waals surface area contributed by atoms with E-state index < -0.39 is 5.92 Å². The lowest BCUT2D eigenvalue weighted by atomic mass is 9.94. The van der Waals surface area contributed by atoms with E-state index in [9.17, 15) is 19.5 Å². The van der Waals surface area contributed by atoms with Crippen LogP contribution in [-0.4, -0.2) is 59.6 Å². The molecule has 1 aromatic carbocycles. The lowest BCUT2D eigenvalue weighted by Gasteiger charge is -2.27. The van der Waals surface area contributed by atoms with Gasteiger partial charge >= 0.3 is 5.97 Å². The molecule has 3 rings (SSSR count). The molecule has 7 heteroatoms. The summed E-state index contributed by atoms with van der Waals surface area (Å²) >= 11 is 0. The van der Waals surface area contributed by atoms with Gasteiger partial charge in [-0.1, -0.05) is 56.3 Å². The molecule has 1 saturated heterocycles. The van der Waals surface area contributed by atoms with Gasteiger partial charge in [-0.25, -0.2) is 0 Å². The number of esters is 1. The van der Waals surface area contributed by atoms with Crippen molar-refractivity contribution in [2.45, 2.75) is 70.9 Å². The van der Waals surface area contributed by atoms with Gasteiger partial charge < -0.3 is 20.1 Å². The van der Waals surface area contributed by atoms with Gasteiger partial charge in [0.25, 0.3) is 0 Å². The number of hydrogen-bond acceptors (Lipinski definition) is 5. The number of carbonyl (C=O) groups is 3. The minimum absolute atomic E-state index is 0.0482. The van der Waals surface area contributed by atoms with Gasteiger partial charge in [0.05, 0.1) is 30.5 Å². The first kappa shape index (κ1) is 26.9. The maximum absolute atomic E-state index is 13.2. The Balaban J connectivity index is 1.72. The zero-order valence-electron chi connectivity index (χ0n) is 21.0. The summed E-state index contributed by atoms with van der Waals surface area (Å²) in [5.41, 5.74) is 1.10. The van der Waals surface area contributed by atoms with Gasteiger partial charge in [0.1, 0.15) is 6.61 Å². The number of allylic oxidation sites excluding steroid dienone is 2. The number of aliphatic hydroxyl groups excluding tert-OH is 1. The summed E-state index contributed by atoms with van der Waals surface area (Å²) in [4.78, 5) is 40.9. The summed E-state index contributed by atoms with van der Waals surface area (Å²) in [6.45, 7) is 4.65. The third kappa shape index (κ3) is 7.92. The number of carbonyl (C=O) groups excluding carboxylic acids is 3. The Bertz CT molecular complexity index is 869. The summed E-state index contributed by atoms with van der Waals surface area (Å²) in [6, 6.07) is 9.45. The first-order valence-corrected chi connectivity index (χ1v) is 12.9. The third-order valence-electron chi connectivity index (χ3n) is 7.16. The van der Waals surface area contributed by atoms with Crippen molar-refractivity contribution in [1.29, 1.82) is 0 Å². The maximum Gasteiger partial charge on any atom is 0.309 e. The zero-order chi connectivity index (χ0) is 25.2. The van der Waals surface area contributed by atoms with Crippen LogP contribution in [0.4, 0.5) is 0 Å². The van der Waals surface area contributed by atoms with E-state index in [2.05, 4.69) is 5.32 Å². The molecule has 2 aliphatic heterocycles. The summed E-state index contributed by atoms with van der Waals surface area (Å²) in [5, 5.41) is 12.6. The van der Waals surface area contributed by atoms with Gasteiger partial charge in [0.15, 0.2) is 0 Å². The number of cyclic esters (lactones) is 1. The lowest BCUT2D eigenvalue weighted by Crippen LogP contribution is -2.46. The number of hydrogen-bond donors (Lipinski definition) is 2. The van der Waals surface area contributed by atoms with Crippen LogP contribution in [0.25, 0.3) is 0 Å². The Morgan fingerprint density at radius 2 is 1.91 bits per heavy atom. The molecular formula is C28H40N2O5. The number of amides is 2. The molecule has 2 aliphatic rings. The third-order valence-corrected chi connectivity index (χ3v) is 7.16. The Morgan fingerprint density at radius 1 is 1.14 bits per heavy atom. The van der Waals surface area contributed by atoms with Crippen molar-refractivity contribution >= 4 is 17.8 Å². The maximum atomic E-state index is 13.2. The van der Waals surface area contributed by atoms with Crippen molar-refractivity contribution in [2.24, 2.45) is 17.8 Å². The van der Waals surface area contributed by atoms with Crippen molar-refractivity contribution in [2.75, 3.05) is 19.8 Å². The molecule has 7 nitrogen and oxygen atoms in total. The SMILES string of the molecule is CC(C)C1COC(=O)C(Cc2ccccc2)CCC=CCC(CC(=O)N2CCCC2CO)C(=O)N1. The standard InChI is InChI=1S/C28H40N2O5/c1-20(2)25-19-35-28(34)23(16-21-10-5-3-6-11-21)13-8-4-7-12-22(27(33)29-25)17-26(32)30-15-9-14-24(30)18-31/h3-7,10-11,20,22-25,31H,8-9,12-19H2,1-2H3,(H,29,33). The van der Waals surface area contributed by atoms with Crippen LogP contribution in [-0.2, 0) is 25.5 Å².